The van der Waals surface area contributed by atoms with Gasteiger partial charge in [0.05, 0.1) is 32.2 Å². The van der Waals surface area contributed by atoms with Crippen molar-refractivity contribution in [2.45, 2.75) is 6.42 Å². The van der Waals surface area contributed by atoms with Crippen LogP contribution in [0.15, 0.2) is 42.5 Å². The second-order valence-corrected chi connectivity index (χ2v) is 7.76. The van der Waals surface area contributed by atoms with Gasteiger partial charge in [-0.1, -0.05) is 53.0 Å². The quantitative estimate of drug-likeness (QED) is 0.501. The minimum absolute atomic E-state index is 0.0442. The molecule has 2 aromatic carbocycles. The lowest BCUT2D eigenvalue weighted by Gasteiger charge is -2.18. The van der Waals surface area contributed by atoms with Crippen molar-refractivity contribution in [2.75, 3.05) is 18.1 Å². The van der Waals surface area contributed by atoms with Crippen molar-refractivity contribution in [2.24, 2.45) is 5.92 Å². The minimum atomic E-state index is -0.770. The number of nitrogens with zero attached hydrogens (tertiary/aromatic N) is 1. The fourth-order valence-electron chi connectivity index (χ4n) is 2.93. The molecule has 2 aromatic rings. The molecule has 0 saturated carbocycles. The molecule has 0 aromatic heterocycles. The maximum Gasteiger partial charge on any atom is 0.311 e. The molecule has 1 fully saturated rings. The van der Waals surface area contributed by atoms with Crippen LogP contribution < -0.4 is 15.8 Å². The molecule has 3 rings (SSSR count). The number of carbonyl (C=O) groups excluding carboxylic acids is 4. The predicted octanol–water partition coefficient (Wildman–Crippen LogP) is 3.00. The van der Waals surface area contributed by atoms with Gasteiger partial charge in [-0.3, -0.25) is 30.0 Å². The highest BCUT2D eigenvalue weighted by molar-refractivity contribution is 6.44. The number of nitrogens with one attached hydrogen (secondary N) is 2. The molecule has 1 atom stereocenters. The van der Waals surface area contributed by atoms with E-state index in [0.29, 0.717) is 5.69 Å². The van der Waals surface area contributed by atoms with Gasteiger partial charge < -0.3 is 9.64 Å². The molecule has 1 heterocycles. The molecule has 1 aliphatic heterocycles. The summed E-state index contributed by atoms with van der Waals surface area (Å²) in [5.74, 6) is -3.19. The zero-order valence-corrected chi connectivity index (χ0v) is 18.1. The van der Waals surface area contributed by atoms with E-state index in [9.17, 15) is 19.2 Å². The van der Waals surface area contributed by atoms with E-state index >= 15 is 0 Å². The smallest absolute Gasteiger partial charge is 0.311 e. The molecule has 0 aliphatic carbocycles. The average molecular weight is 485 g/mol. The summed E-state index contributed by atoms with van der Waals surface area (Å²) < 4.78 is 4.97. The van der Waals surface area contributed by atoms with Gasteiger partial charge in [-0.05, 0) is 24.3 Å². The van der Waals surface area contributed by atoms with Gasteiger partial charge in [-0.25, -0.2) is 0 Å². The Labute approximate surface area is 192 Å². The van der Waals surface area contributed by atoms with E-state index in [0.717, 1.165) is 0 Å². The second-order valence-electron chi connectivity index (χ2n) is 6.57. The molecule has 31 heavy (non-hydrogen) atoms. The number of hydrogen-bond acceptors (Lipinski definition) is 5. The number of esters is 1. The number of hydrogen-bond donors (Lipinski definition) is 2. The van der Waals surface area contributed by atoms with Gasteiger partial charge in [0.15, 0.2) is 6.61 Å². The summed E-state index contributed by atoms with van der Waals surface area (Å²) in [5, 5.41) is 0.713. The standard InChI is InChI=1S/C20H16Cl3N3O5/c21-13-5-2-1-4-12(13)19(29)25-24-16(27)10-31-20(30)11-8-17(28)26(9-11)15-7-3-6-14(22)18(15)23/h1-7,11H,8-10H2,(H,24,27)(H,25,29)/t11-/m0/s1. The van der Waals surface area contributed by atoms with Gasteiger partial charge in [-0.2, -0.15) is 0 Å². The Hall–Kier alpha value is -2.81. The summed E-state index contributed by atoms with van der Waals surface area (Å²) in [4.78, 5) is 49.8. The van der Waals surface area contributed by atoms with Crippen molar-refractivity contribution in [3.63, 3.8) is 0 Å². The van der Waals surface area contributed by atoms with Crippen molar-refractivity contribution in [1.29, 1.82) is 0 Å². The summed E-state index contributed by atoms with van der Waals surface area (Å²) in [5.41, 5.74) is 4.87. The molecule has 8 nitrogen and oxygen atoms in total. The molecule has 11 heteroatoms. The van der Waals surface area contributed by atoms with Crippen molar-refractivity contribution >= 4 is 64.2 Å². The molecule has 0 radical (unpaired) electrons. The van der Waals surface area contributed by atoms with Gasteiger partial charge in [0.25, 0.3) is 11.8 Å². The van der Waals surface area contributed by atoms with E-state index in [1.807, 2.05) is 0 Å². The summed E-state index contributed by atoms with van der Waals surface area (Å²) in [6.45, 7) is -0.590. The van der Waals surface area contributed by atoms with Gasteiger partial charge in [0.1, 0.15) is 0 Å². The Kier molecular flexibility index (Phi) is 7.37. The van der Waals surface area contributed by atoms with Crippen molar-refractivity contribution in [3.05, 3.63) is 63.1 Å². The lowest BCUT2D eigenvalue weighted by Crippen LogP contribution is -2.44. The van der Waals surface area contributed by atoms with Crippen molar-refractivity contribution in [1.82, 2.24) is 10.9 Å². The van der Waals surface area contributed by atoms with Gasteiger partial charge >= 0.3 is 5.97 Å². The third kappa shape index (κ3) is 5.46. The maximum atomic E-state index is 12.3. The van der Waals surface area contributed by atoms with E-state index < -0.39 is 30.3 Å². The third-order valence-corrected chi connectivity index (χ3v) is 5.60. The first-order chi connectivity index (χ1) is 14.8. The predicted molar refractivity (Wildman–Crippen MR) is 115 cm³/mol. The van der Waals surface area contributed by atoms with E-state index in [1.165, 1.54) is 17.0 Å². The molecule has 0 bridgehead atoms. The lowest BCUT2D eigenvalue weighted by molar-refractivity contribution is -0.152. The van der Waals surface area contributed by atoms with Crippen LogP contribution in [0.4, 0.5) is 5.69 Å². The molecule has 2 N–H and O–H groups in total. The fourth-order valence-corrected chi connectivity index (χ4v) is 3.55. The molecular weight excluding hydrogens is 469 g/mol. The number of halogens is 3. The number of anilines is 1. The molecule has 0 spiro atoms. The number of benzene rings is 2. The van der Waals surface area contributed by atoms with Crippen LogP contribution in [0.1, 0.15) is 16.8 Å². The number of rotatable bonds is 5. The van der Waals surface area contributed by atoms with Crippen LogP contribution in [0, 0.1) is 5.92 Å². The van der Waals surface area contributed by atoms with E-state index in [4.69, 9.17) is 39.5 Å². The highest BCUT2D eigenvalue weighted by Gasteiger charge is 2.37. The van der Waals surface area contributed by atoms with Crippen LogP contribution in [0.3, 0.4) is 0 Å². The first-order valence-electron chi connectivity index (χ1n) is 9.02. The number of amides is 3. The lowest BCUT2D eigenvalue weighted by atomic mass is 10.1. The van der Waals surface area contributed by atoms with Gasteiger partial charge in [0.2, 0.25) is 5.91 Å². The summed E-state index contributed by atoms with van der Waals surface area (Å²) in [6, 6.07) is 11.1. The minimum Gasteiger partial charge on any atom is -0.455 e. The van der Waals surface area contributed by atoms with Crippen molar-refractivity contribution in [3.8, 4) is 0 Å². The second kappa shape index (κ2) is 10.00. The van der Waals surface area contributed by atoms with E-state index in [1.54, 1.807) is 30.3 Å². The molecule has 3 amide bonds. The maximum absolute atomic E-state index is 12.3. The third-order valence-electron chi connectivity index (χ3n) is 4.46. The zero-order chi connectivity index (χ0) is 22.5. The first-order valence-corrected chi connectivity index (χ1v) is 10.2. The monoisotopic (exact) mass is 483 g/mol. The molecular formula is C20H16Cl3N3O5. The van der Waals surface area contributed by atoms with Gasteiger partial charge in [0, 0.05) is 13.0 Å². The molecule has 0 unspecified atom stereocenters. The topological polar surface area (TPSA) is 105 Å². The zero-order valence-electron chi connectivity index (χ0n) is 15.9. The van der Waals surface area contributed by atoms with Gasteiger partial charge in [-0.15, -0.1) is 0 Å². The van der Waals surface area contributed by atoms with Crippen LogP contribution in [0.2, 0.25) is 15.1 Å². The number of hydrazine groups is 1. The van der Waals surface area contributed by atoms with Crippen LogP contribution in [-0.4, -0.2) is 36.8 Å². The Morgan fingerprint density at radius 1 is 1.00 bits per heavy atom. The highest BCUT2D eigenvalue weighted by Crippen LogP contribution is 2.35. The van der Waals surface area contributed by atoms with Crippen LogP contribution in [-0.2, 0) is 19.1 Å². The summed E-state index contributed by atoms with van der Waals surface area (Å²) >= 11 is 18.0. The Morgan fingerprint density at radius 3 is 2.45 bits per heavy atom. The first kappa shape index (κ1) is 22.9. The van der Waals surface area contributed by atoms with E-state index in [2.05, 4.69) is 10.9 Å². The normalized spacial score (nSPS) is 15.5. The number of carbonyl (C=O) groups is 4. The largest absolute Gasteiger partial charge is 0.455 e. The fraction of sp³-hybridized carbons (Fsp3) is 0.200. The Morgan fingerprint density at radius 2 is 1.71 bits per heavy atom. The van der Waals surface area contributed by atoms with Crippen molar-refractivity contribution < 1.29 is 23.9 Å². The summed E-state index contributed by atoms with van der Waals surface area (Å²) in [7, 11) is 0. The average Bonchev–Trinajstić information content (AvgIpc) is 3.14. The van der Waals surface area contributed by atoms with Crippen LogP contribution in [0.5, 0.6) is 0 Å². The Bertz CT molecular complexity index is 1050. The SMILES string of the molecule is O=C(COC(=O)[C@H]1CC(=O)N(c2cccc(Cl)c2Cl)C1)NNC(=O)c1ccccc1Cl. The van der Waals surface area contributed by atoms with E-state index in [-0.39, 0.29) is 39.5 Å². The molecule has 1 saturated heterocycles. The van der Waals surface area contributed by atoms with Crippen LogP contribution in [0.25, 0.3) is 0 Å². The molecule has 162 valence electrons. The molecule has 1 aliphatic rings. The highest BCUT2D eigenvalue weighted by atomic mass is 35.5. The summed E-state index contributed by atoms with van der Waals surface area (Å²) in [6.07, 6.45) is -0.0907. The van der Waals surface area contributed by atoms with Crippen LogP contribution >= 0.6 is 34.8 Å². The Balaban J connectivity index is 1.49. The number of ether oxygens (including phenoxy) is 1.